The van der Waals surface area contributed by atoms with E-state index in [-0.39, 0.29) is 11.3 Å². The first-order valence-electron chi connectivity index (χ1n) is 7.63. The lowest BCUT2D eigenvalue weighted by Crippen LogP contribution is -2.10. The van der Waals surface area contributed by atoms with Gasteiger partial charge in [0.05, 0.1) is 24.6 Å². The monoisotopic (exact) mass is 395 g/mol. The van der Waals surface area contributed by atoms with Crippen LogP contribution in [0.2, 0.25) is 0 Å². The third-order valence-electron chi connectivity index (χ3n) is 3.55. The highest BCUT2D eigenvalue weighted by molar-refractivity contribution is 7.14. The van der Waals surface area contributed by atoms with Crippen LogP contribution in [0.25, 0.3) is 11.3 Å². The van der Waals surface area contributed by atoms with Crippen LogP contribution in [0.5, 0.6) is 5.75 Å². The predicted octanol–water partition coefficient (Wildman–Crippen LogP) is 5.42. The van der Waals surface area contributed by atoms with Crippen LogP contribution in [0.15, 0.2) is 52.9 Å². The van der Waals surface area contributed by atoms with Gasteiger partial charge in [-0.1, -0.05) is 30.3 Å². The summed E-state index contributed by atoms with van der Waals surface area (Å²) in [4.78, 5) is 4.32. The molecule has 0 saturated carbocycles. The first kappa shape index (κ1) is 18.8. The molecule has 4 nitrogen and oxygen atoms in total. The van der Waals surface area contributed by atoms with Gasteiger partial charge in [0.1, 0.15) is 11.6 Å². The molecular weight excluding hydrogens is 382 g/mol. The van der Waals surface area contributed by atoms with Crippen LogP contribution in [-0.4, -0.2) is 18.3 Å². The topological polar surface area (TPSA) is 46.5 Å². The second kappa shape index (κ2) is 7.75. The van der Waals surface area contributed by atoms with E-state index in [1.165, 1.54) is 18.4 Å². The van der Waals surface area contributed by atoms with E-state index in [1.807, 2.05) is 30.3 Å². The standard InChI is InChI=1S/C18H13F4N3OS/c1-26-13-7-12(16(19)14(8-13)18(20,21)22)9-23-25-17-24-15(10-27-17)11-5-3-2-4-6-11/h2-10H,1H3,(H,24,25). The molecule has 1 N–H and O–H groups in total. The molecule has 1 heterocycles. The lowest BCUT2D eigenvalue weighted by Gasteiger charge is -2.11. The maximum Gasteiger partial charge on any atom is 0.419 e. The minimum atomic E-state index is -4.84. The lowest BCUT2D eigenvalue weighted by molar-refractivity contribution is -0.140. The quantitative estimate of drug-likeness (QED) is 0.356. The molecule has 0 atom stereocenters. The predicted molar refractivity (Wildman–Crippen MR) is 96.7 cm³/mol. The molecule has 0 spiro atoms. The Morgan fingerprint density at radius 2 is 1.93 bits per heavy atom. The molecule has 2 aromatic carbocycles. The molecule has 140 valence electrons. The van der Waals surface area contributed by atoms with Gasteiger partial charge in [-0.25, -0.2) is 9.37 Å². The first-order chi connectivity index (χ1) is 12.9. The molecule has 0 amide bonds. The summed E-state index contributed by atoms with van der Waals surface area (Å²) in [6, 6.07) is 11.2. The fraction of sp³-hybridized carbons (Fsp3) is 0.111. The minimum Gasteiger partial charge on any atom is -0.497 e. The van der Waals surface area contributed by atoms with Gasteiger partial charge in [-0.2, -0.15) is 18.3 Å². The highest BCUT2D eigenvalue weighted by Crippen LogP contribution is 2.35. The average molecular weight is 395 g/mol. The second-order valence-electron chi connectivity index (χ2n) is 5.35. The zero-order chi connectivity index (χ0) is 19.4. The Balaban J connectivity index is 1.80. The number of benzene rings is 2. The number of rotatable bonds is 5. The van der Waals surface area contributed by atoms with E-state index in [4.69, 9.17) is 4.74 Å². The largest absolute Gasteiger partial charge is 0.497 e. The molecule has 9 heteroatoms. The van der Waals surface area contributed by atoms with E-state index >= 15 is 0 Å². The van der Waals surface area contributed by atoms with E-state index in [9.17, 15) is 17.6 Å². The third-order valence-corrected chi connectivity index (χ3v) is 4.30. The van der Waals surface area contributed by atoms with E-state index < -0.39 is 17.6 Å². The van der Waals surface area contributed by atoms with Gasteiger partial charge in [-0.15, -0.1) is 11.3 Å². The van der Waals surface area contributed by atoms with Crippen molar-refractivity contribution in [3.8, 4) is 17.0 Å². The van der Waals surface area contributed by atoms with Gasteiger partial charge in [0.2, 0.25) is 5.13 Å². The van der Waals surface area contributed by atoms with Crippen molar-refractivity contribution in [2.24, 2.45) is 5.10 Å². The number of methoxy groups -OCH3 is 1. The number of alkyl halides is 3. The Morgan fingerprint density at radius 3 is 2.59 bits per heavy atom. The van der Waals surface area contributed by atoms with Crippen LogP contribution in [0, 0.1) is 5.82 Å². The Hall–Kier alpha value is -2.94. The number of anilines is 1. The van der Waals surface area contributed by atoms with Crippen molar-refractivity contribution in [2.45, 2.75) is 6.18 Å². The molecular formula is C18H13F4N3OS. The molecule has 3 rings (SSSR count). The molecule has 0 saturated heterocycles. The Bertz CT molecular complexity index is 955. The third kappa shape index (κ3) is 4.43. The molecule has 0 aliphatic carbocycles. The Kier molecular flexibility index (Phi) is 5.41. The van der Waals surface area contributed by atoms with Crippen molar-refractivity contribution in [3.05, 3.63) is 64.8 Å². The van der Waals surface area contributed by atoms with E-state index in [2.05, 4.69) is 15.5 Å². The van der Waals surface area contributed by atoms with Gasteiger partial charge in [-0.05, 0) is 12.1 Å². The number of hydrogen-bond donors (Lipinski definition) is 1. The summed E-state index contributed by atoms with van der Waals surface area (Å²) in [7, 11) is 1.20. The van der Waals surface area contributed by atoms with Crippen molar-refractivity contribution in [2.75, 3.05) is 12.5 Å². The van der Waals surface area contributed by atoms with Crippen molar-refractivity contribution in [1.29, 1.82) is 0 Å². The summed E-state index contributed by atoms with van der Waals surface area (Å²) >= 11 is 1.26. The van der Waals surface area contributed by atoms with Crippen LogP contribution in [0.1, 0.15) is 11.1 Å². The summed E-state index contributed by atoms with van der Waals surface area (Å²) in [6.45, 7) is 0. The van der Waals surface area contributed by atoms with Gasteiger partial charge in [0.25, 0.3) is 0 Å². The summed E-state index contributed by atoms with van der Waals surface area (Å²) in [5.74, 6) is -1.54. The van der Waals surface area contributed by atoms with Crippen molar-refractivity contribution >= 4 is 22.7 Å². The maximum absolute atomic E-state index is 14.1. The van der Waals surface area contributed by atoms with Crippen molar-refractivity contribution in [1.82, 2.24) is 4.98 Å². The first-order valence-corrected chi connectivity index (χ1v) is 8.51. The maximum atomic E-state index is 14.1. The highest BCUT2D eigenvalue weighted by atomic mass is 32.1. The molecule has 0 bridgehead atoms. The van der Waals surface area contributed by atoms with Crippen molar-refractivity contribution < 1.29 is 22.3 Å². The summed E-state index contributed by atoms with van der Waals surface area (Å²) in [5.41, 5.74) is 2.47. The number of ether oxygens (including phenoxy) is 1. The van der Waals surface area contributed by atoms with Crippen LogP contribution in [0.4, 0.5) is 22.7 Å². The Morgan fingerprint density at radius 1 is 1.19 bits per heavy atom. The summed E-state index contributed by atoms with van der Waals surface area (Å²) in [5, 5.41) is 6.02. The van der Waals surface area contributed by atoms with Crippen LogP contribution < -0.4 is 10.2 Å². The fourth-order valence-electron chi connectivity index (χ4n) is 2.26. The SMILES string of the molecule is COc1cc(C=NNc2nc(-c3ccccc3)cs2)c(F)c(C(F)(F)F)c1. The molecule has 0 aliphatic heterocycles. The second-order valence-corrected chi connectivity index (χ2v) is 6.21. The molecule has 0 fully saturated rings. The fourth-order valence-corrected chi connectivity index (χ4v) is 2.93. The minimum absolute atomic E-state index is 0.120. The zero-order valence-electron chi connectivity index (χ0n) is 13.9. The highest BCUT2D eigenvalue weighted by Gasteiger charge is 2.35. The Labute approximate surface area is 156 Å². The number of hydrogen-bond acceptors (Lipinski definition) is 5. The molecule has 0 radical (unpaired) electrons. The molecule has 1 aromatic heterocycles. The van der Waals surface area contributed by atoms with E-state index in [0.717, 1.165) is 23.5 Å². The molecule has 0 unspecified atom stereocenters. The number of aromatic nitrogens is 1. The summed E-state index contributed by atoms with van der Waals surface area (Å²) in [6.07, 6.45) is -3.88. The smallest absolute Gasteiger partial charge is 0.419 e. The molecule has 27 heavy (non-hydrogen) atoms. The number of nitrogens with zero attached hydrogens (tertiary/aromatic N) is 2. The van der Waals surface area contributed by atoms with Gasteiger partial charge in [-0.3, -0.25) is 5.43 Å². The van der Waals surface area contributed by atoms with Crippen LogP contribution in [0.3, 0.4) is 0 Å². The number of thiazole rings is 1. The number of halogens is 4. The van der Waals surface area contributed by atoms with Gasteiger partial charge >= 0.3 is 6.18 Å². The van der Waals surface area contributed by atoms with Gasteiger partial charge in [0, 0.05) is 16.5 Å². The molecule has 0 aliphatic rings. The van der Waals surface area contributed by atoms with Crippen molar-refractivity contribution in [3.63, 3.8) is 0 Å². The van der Waals surface area contributed by atoms with Gasteiger partial charge < -0.3 is 4.74 Å². The zero-order valence-corrected chi connectivity index (χ0v) is 14.7. The number of nitrogens with one attached hydrogen (secondary N) is 1. The molecule has 3 aromatic rings. The van der Waals surface area contributed by atoms with Crippen LogP contribution in [-0.2, 0) is 6.18 Å². The van der Waals surface area contributed by atoms with E-state index in [0.29, 0.717) is 11.2 Å². The lowest BCUT2D eigenvalue weighted by atomic mass is 10.1. The van der Waals surface area contributed by atoms with Gasteiger partial charge in [0.15, 0.2) is 0 Å². The van der Waals surface area contributed by atoms with Crippen LogP contribution >= 0.6 is 11.3 Å². The summed E-state index contributed by atoms with van der Waals surface area (Å²) < 4.78 is 57.7. The normalized spacial score (nSPS) is 11.7. The van der Waals surface area contributed by atoms with E-state index in [1.54, 1.807) is 5.38 Å². The number of hydrazone groups is 1. The average Bonchev–Trinajstić information content (AvgIpc) is 3.12.